The van der Waals surface area contributed by atoms with Gasteiger partial charge in [0.05, 0.1) is 5.69 Å². The van der Waals surface area contributed by atoms with Crippen LogP contribution in [0, 0.1) is 6.92 Å². The van der Waals surface area contributed by atoms with E-state index in [2.05, 4.69) is 23.4 Å². The van der Waals surface area contributed by atoms with Gasteiger partial charge in [-0.05, 0) is 13.3 Å². The summed E-state index contributed by atoms with van der Waals surface area (Å²) in [6, 6.07) is 0. The number of nitrogens with zero attached hydrogens (tertiary/aromatic N) is 2. The zero-order valence-electron chi connectivity index (χ0n) is 12.2. The van der Waals surface area contributed by atoms with Crippen LogP contribution >= 0.6 is 0 Å². The number of imidazole rings is 1. The van der Waals surface area contributed by atoms with Gasteiger partial charge >= 0.3 is 8.80 Å². The zero-order chi connectivity index (χ0) is 13.8. The van der Waals surface area contributed by atoms with Crippen molar-refractivity contribution in [3.63, 3.8) is 0 Å². The Labute approximate surface area is 110 Å². The number of aromatic nitrogens is 2. The second kappa shape index (κ2) is 6.47. The van der Waals surface area contributed by atoms with Gasteiger partial charge in [-0.25, -0.2) is 4.98 Å². The van der Waals surface area contributed by atoms with E-state index in [4.69, 9.17) is 13.3 Å². The Kier molecular flexibility index (Phi) is 5.52. The van der Waals surface area contributed by atoms with Gasteiger partial charge in [0.15, 0.2) is 0 Å². The highest BCUT2D eigenvalue weighted by Gasteiger charge is 2.48. The highest BCUT2D eigenvalue weighted by Crippen LogP contribution is 2.28. The summed E-state index contributed by atoms with van der Waals surface area (Å²) in [6.07, 6.45) is 3.81. The van der Waals surface area contributed by atoms with E-state index >= 15 is 0 Å². The molecule has 0 aromatic carbocycles. The van der Waals surface area contributed by atoms with Gasteiger partial charge < -0.3 is 17.8 Å². The molecule has 0 aliphatic heterocycles. The second-order valence-corrected chi connectivity index (χ2v) is 7.30. The number of rotatable bonds is 7. The molecule has 0 N–H and O–H groups in total. The van der Waals surface area contributed by atoms with Crippen molar-refractivity contribution in [3.8, 4) is 0 Å². The summed E-state index contributed by atoms with van der Waals surface area (Å²) in [7, 11) is 2.25. The molecule has 1 rings (SSSR count). The average molecular weight is 272 g/mol. The molecule has 1 aromatic heterocycles. The summed E-state index contributed by atoms with van der Waals surface area (Å²) in [6.45, 7) is 6.21. The molecule has 1 heterocycles. The molecule has 1 unspecified atom stereocenters. The molecule has 0 saturated carbocycles. The maximum absolute atomic E-state index is 5.60. The van der Waals surface area contributed by atoms with E-state index in [0.717, 1.165) is 24.4 Å². The van der Waals surface area contributed by atoms with Crippen molar-refractivity contribution in [3.05, 3.63) is 17.7 Å². The van der Waals surface area contributed by atoms with Crippen LogP contribution < -0.4 is 0 Å². The fourth-order valence-electron chi connectivity index (χ4n) is 2.37. The highest BCUT2D eigenvalue weighted by atomic mass is 28.4. The van der Waals surface area contributed by atoms with E-state index < -0.39 is 8.80 Å². The zero-order valence-corrected chi connectivity index (χ0v) is 13.2. The summed E-state index contributed by atoms with van der Waals surface area (Å²) < 4.78 is 18.9. The van der Waals surface area contributed by atoms with Crippen LogP contribution in [0.15, 0.2) is 6.20 Å². The summed E-state index contributed by atoms with van der Waals surface area (Å²) in [5, 5.41) is 0. The first-order valence-corrected chi connectivity index (χ1v) is 8.08. The fourth-order valence-corrected chi connectivity index (χ4v) is 4.75. The largest absolute Gasteiger partial charge is 0.524 e. The van der Waals surface area contributed by atoms with Crippen LogP contribution in [0.2, 0.25) is 0 Å². The molecule has 1 atom stereocenters. The summed E-state index contributed by atoms with van der Waals surface area (Å²) in [5.41, 5.74) is 1.07. The quantitative estimate of drug-likeness (QED) is 0.713. The third-order valence-corrected chi connectivity index (χ3v) is 6.44. The number of aryl methyl sites for hydroxylation is 2. The molecule has 0 saturated heterocycles. The predicted octanol–water partition coefficient (Wildman–Crippen LogP) is 2.12. The highest BCUT2D eigenvalue weighted by molar-refractivity contribution is 6.61. The molecule has 0 amide bonds. The smallest absolute Gasteiger partial charge is 0.376 e. The summed E-state index contributed by atoms with van der Waals surface area (Å²) in [5.74, 6) is 1.04. The van der Waals surface area contributed by atoms with Crippen molar-refractivity contribution in [1.82, 2.24) is 9.55 Å². The minimum absolute atomic E-state index is 0.0636. The van der Waals surface area contributed by atoms with Gasteiger partial charge in [-0.1, -0.05) is 13.8 Å². The fraction of sp³-hybridized carbons (Fsp3) is 0.750. The van der Waals surface area contributed by atoms with Crippen molar-refractivity contribution in [2.75, 3.05) is 21.3 Å². The SMILES string of the molecule is CCc1nc(C)cn1C(CC)[Si](OC)(OC)OC. The minimum Gasteiger partial charge on any atom is -0.376 e. The first-order valence-electron chi connectivity index (χ1n) is 6.28. The van der Waals surface area contributed by atoms with E-state index in [1.54, 1.807) is 21.3 Å². The Morgan fingerprint density at radius 3 is 2.17 bits per heavy atom. The minimum atomic E-state index is -2.70. The second-order valence-electron chi connectivity index (χ2n) is 4.20. The van der Waals surface area contributed by atoms with E-state index in [9.17, 15) is 0 Å². The van der Waals surface area contributed by atoms with Gasteiger partial charge in [0.25, 0.3) is 0 Å². The Hall–Kier alpha value is -0.693. The van der Waals surface area contributed by atoms with Gasteiger partial charge in [-0.2, -0.15) is 0 Å². The maximum atomic E-state index is 5.60. The van der Waals surface area contributed by atoms with E-state index in [1.165, 1.54) is 0 Å². The molecular formula is C12H24N2O3Si. The molecule has 0 spiro atoms. The van der Waals surface area contributed by atoms with Crippen LogP contribution in [0.3, 0.4) is 0 Å². The number of hydrogen-bond donors (Lipinski definition) is 0. The first kappa shape index (κ1) is 15.4. The van der Waals surface area contributed by atoms with Gasteiger partial charge in [0, 0.05) is 33.9 Å². The molecule has 0 fully saturated rings. The standard InChI is InChI=1S/C12H24N2O3Si/c1-7-11-13-10(3)9-14(11)12(8-2)18(15-4,16-5)17-6/h9,12H,7-8H2,1-6H3. The normalized spacial score (nSPS) is 13.9. The first-order chi connectivity index (χ1) is 8.58. The van der Waals surface area contributed by atoms with Crippen molar-refractivity contribution in [1.29, 1.82) is 0 Å². The van der Waals surface area contributed by atoms with E-state index in [1.807, 2.05) is 13.1 Å². The molecule has 18 heavy (non-hydrogen) atoms. The lowest BCUT2D eigenvalue weighted by Crippen LogP contribution is -2.51. The molecular weight excluding hydrogens is 248 g/mol. The third kappa shape index (κ3) is 2.66. The summed E-state index contributed by atoms with van der Waals surface area (Å²) in [4.78, 5) is 4.53. The molecule has 0 aliphatic carbocycles. The average Bonchev–Trinajstić information content (AvgIpc) is 2.77. The van der Waals surface area contributed by atoms with Crippen molar-refractivity contribution < 1.29 is 13.3 Å². The van der Waals surface area contributed by atoms with E-state index in [-0.39, 0.29) is 5.67 Å². The molecule has 0 bridgehead atoms. The Bertz CT molecular complexity index is 369. The maximum Gasteiger partial charge on any atom is 0.524 e. The molecule has 104 valence electrons. The van der Waals surface area contributed by atoms with Crippen LogP contribution in [-0.2, 0) is 19.7 Å². The van der Waals surface area contributed by atoms with Crippen molar-refractivity contribution >= 4 is 8.80 Å². The predicted molar refractivity (Wildman–Crippen MR) is 72.5 cm³/mol. The molecule has 0 aliphatic rings. The van der Waals surface area contributed by atoms with Crippen LogP contribution in [0.4, 0.5) is 0 Å². The Balaban J connectivity index is 3.22. The van der Waals surface area contributed by atoms with Gasteiger partial charge in [-0.3, -0.25) is 0 Å². The lowest BCUT2D eigenvalue weighted by Gasteiger charge is -2.33. The van der Waals surface area contributed by atoms with Crippen LogP contribution in [-0.4, -0.2) is 39.7 Å². The summed E-state index contributed by atoms with van der Waals surface area (Å²) >= 11 is 0. The van der Waals surface area contributed by atoms with Gasteiger partial charge in [0.1, 0.15) is 11.5 Å². The Morgan fingerprint density at radius 2 is 1.78 bits per heavy atom. The lowest BCUT2D eigenvalue weighted by molar-refractivity contribution is 0.100. The Morgan fingerprint density at radius 1 is 1.22 bits per heavy atom. The van der Waals surface area contributed by atoms with E-state index in [0.29, 0.717) is 0 Å². The lowest BCUT2D eigenvalue weighted by atomic mass is 10.4. The number of hydrogen-bond acceptors (Lipinski definition) is 4. The van der Waals surface area contributed by atoms with Gasteiger partial charge in [-0.15, -0.1) is 0 Å². The van der Waals surface area contributed by atoms with Crippen LogP contribution in [0.1, 0.15) is 37.5 Å². The van der Waals surface area contributed by atoms with Crippen LogP contribution in [0.5, 0.6) is 0 Å². The molecule has 6 heteroatoms. The molecule has 1 aromatic rings. The third-order valence-electron chi connectivity index (χ3n) is 3.23. The topological polar surface area (TPSA) is 45.5 Å². The monoisotopic (exact) mass is 272 g/mol. The molecule has 5 nitrogen and oxygen atoms in total. The van der Waals surface area contributed by atoms with Gasteiger partial charge in [0.2, 0.25) is 0 Å². The molecule has 0 radical (unpaired) electrons. The van der Waals surface area contributed by atoms with Crippen molar-refractivity contribution in [2.24, 2.45) is 0 Å². The van der Waals surface area contributed by atoms with Crippen LogP contribution in [0.25, 0.3) is 0 Å². The van der Waals surface area contributed by atoms with Crippen molar-refractivity contribution in [2.45, 2.75) is 39.3 Å².